The Morgan fingerprint density at radius 2 is 1.41 bits per heavy atom. The molecule has 2 saturated carbocycles. The molecule has 2 aliphatic carbocycles. The number of benzene rings is 1. The monoisotopic (exact) mass is 440 g/mol. The van der Waals surface area contributed by atoms with Gasteiger partial charge in [-0.25, -0.2) is 8.42 Å². The third kappa shape index (κ3) is 6.43. The zero-order valence-electron chi connectivity index (χ0n) is 17.1. The molecule has 0 heterocycles. The van der Waals surface area contributed by atoms with Crippen molar-refractivity contribution in [3.8, 4) is 0 Å². The number of hydrogen-bond donors (Lipinski definition) is 1. The molecular formula is C22H33ClN2O3S. The second-order valence-corrected chi connectivity index (χ2v) is 10.7. The van der Waals surface area contributed by atoms with Gasteiger partial charge in [0.15, 0.2) is 0 Å². The molecular weight excluding hydrogens is 408 g/mol. The van der Waals surface area contributed by atoms with E-state index in [-0.39, 0.29) is 29.4 Å². The molecule has 0 saturated heterocycles. The van der Waals surface area contributed by atoms with Gasteiger partial charge in [-0.1, -0.05) is 63.0 Å². The van der Waals surface area contributed by atoms with Gasteiger partial charge in [0.25, 0.3) is 0 Å². The molecule has 3 rings (SSSR count). The number of rotatable bonds is 6. The summed E-state index contributed by atoms with van der Waals surface area (Å²) in [7, 11) is -3.75. The highest BCUT2D eigenvalue weighted by Crippen LogP contribution is 2.28. The van der Waals surface area contributed by atoms with Gasteiger partial charge in [-0.15, -0.1) is 0 Å². The average molecular weight is 441 g/mol. The van der Waals surface area contributed by atoms with Crippen LogP contribution in [0.5, 0.6) is 0 Å². The van der Waals surface area contributed by atoms with Crippen LogP contribution in [0.15, 0.2) is 29.2 Å². The van der Waals surface area contributed by atoms with Crippen LogP contribution >= 0.6 is 11.6 Å². The predicted molar refractivity (Wildman–Crippen MR) is 116 cm³/mol. The minimum atomic E-state index is -3.75. The molecule has 7 heteroatoms. The fourth-order valence-corrected chi connectivity index (χ4v) is 6.30. The van der Waals surface area contributed by atoms with Crippen molar-refractivity contribution in [3.63, 3.8) is 0 Å². The quantitative estimate of drug-likeness (QED) is 0.684. The Hall–Kier alpha value is -1.11. The molecule has 0 spiro atoms. The lowest BCUT2D eigenvalue weighted by Crippen LogP contribution is -2.48. The summed E-state index contributed by atoms with van der Waals surface area (Å²) >= 11 is 5.94. The van der Waals surface area contributed by atoms with E-state index in [0.29, 0.717) is 5.02 Å². The first kappa shape index (κ1) is 22.6. The smallest absolute Gasteiger partial charge is 0.243 e. The van der Waals surface area contributed by atoms with Gasteiger partial charge < -0.3 is 5.32 Å². The number of carbonyl (C=O) groups is 1. The summed E-state index contributed by atoms with van der Waals surface area (Å²) < 4.78 is 28.2. The van der Waals surface area contributed by atoms with E-state index in [1.165, 1.54) is 35.7 Å². The second kappa shape index (κ2) is 10.8. The highest BCUT2D eigenvalue weighted by atomic mass is 35.5. The van der Waals surface area contributed by atoms with E-state index in [4.69, 9.17) is 11.6 Å². The van der Waals surface area contributed by atoms with Crippen molar-refractivity contribution < 1.29 is 13.2 Å². The summed E-state index contributed by atoms with van der Waals surface area (Å²) in [6.45, 7) is -0.105. The standard InChI is InChI=1S/C22H33ClN2O3S/c23-18-13-15-21(16-14-18)29(27,28)25(20-11-7-4-8-12-20)17-22(26)24-19-9-5-2-1-3-6-10-19/h13-16,19-20H,1-12,17H2,(H,24,26). The molecule has 29 heavy (non-hydrogen) atoms. The zero-order valence-corrected chi connectivity index (χ0v) is 18.7. The van der Waals surface area contributed by atoms with Crippen LogP contribution in [-0.2, 0) is 14.8 Å². The third-order valence-electron chi connectivity index (χ3n) is 6.17. The Labute approximate surface area is 180 Å². The number of nitrogens with one attached hydrogen (secondary N) is 1. The van der Waals surface area contributed by atoms with Gasteiger partial charge >= 0.3 is 0 Å². The number of hydrogen-bond acceptors (Lipinski definition) is 3. The topological polar surface area (TPSA) is 66.5 Å². The molecule has 0 unspecified atom stereocenters. The molecule has 0 aromatic heterocycles. The maximum atomic E-state index is 13.4. The SMILES string of the molecule is O=C(CN(C1CCCCC1)S(=O)(=O)c1ccc(Cl)cc1)NC1CCCCCCC1. The number of carbonyl (C=O) groups excluding carboxylic acids is 1. The number of amides is 1. The molecule has 1 aromatic carbocycles. The molecule has 0 bridgehead atoms. The van der Waals surface area contributed by atoms with Crippen molar-refractivity contribution in [1.29, 1.82) is 0 Å². The molecule has 1 aromatic rings. The van der Waals surface area contributed by atoms with Crippen LogP contribution in [0.1, 0.15) is 77.0 Å². The van der Waals surface area contributed by atoms with Crippen molar-refractivity contribution in [2.75, 3.05) is 6.54 Å². The molecule has 0 atom stereocenters. The number of halogens is 1. The van der Waals surface area contributed by atoms with Crippen LogP contribution in [0, 0.1) is 0 Å². The van der Waals surface area contributed by atoms with E-state index in [1.54, 1.807) is 12.1 Å². The van der Waals surface area contributed by atoms with Gasteiger partial charge in [0.2, 0.25) is 15.9 Å². The van der Waals surface area contributed by atoms with Gasteiger partial charge in [0.1, 0.15) is 0 Å². The van der Waals surface area contributed by atoms with E-state index in [0.717, 1.165) is 57.8 Å². The maximum Gasteiger partial charge on any atom is 0.243 e. The Morgan fingerprint density at radius 1 is 0.897 bits per heavy atom. The van der Waals surface area contributed by atoms with Gasteiger partial charge in [0.05, 0.1) is 11.4 Å². The van der Waals surface area contributed by atoms with Crippen molar-refractivity contribution in [1.82, 2.24) is 9.62 Å². The fraction of sp³-hybridized carbons (Fsp3) is 0.682. The zero-order chi connectivity index (χ0) is 20.7. The molecule has 2 fully saturated rings. The van der Waals surface area contributed by atoms with Gasteiger partial charge in [-0.2, -0.15) is 4.31 Å². The lowest BCUT2D eigenvalue weighted by atomic mass is 9.95. The summed E-state index contributed by atoms with van der Waals surface area (Å²) in [5.74, 6) is -0.182. The van der Waals surface area contributed by atoms with E-state index < -0.39 is 10.0 Å². The van der Waals surface area contributed by atoms with E-state index in [1.807, 2.05) is 0 Å². The highest BCUT2D eigenvalue weighted by Gasteiger charge is 2.34. The third-order valence-corrected chi connectivity index (χ3v) is 8.34. The normalized spacial score (nSPS) is 20.2. The van der Waals surface area contributed by atoms with Crippen LogP contribution in [0.2, 0.25) is 5.02 Å². The summed E-state index contributed by atoms with van der Waals surface area (Å²) in [6.07, 6.45) is 12.7. The Bertz CT molecular complexity index is 753. The summed E-state index contributed by atoms with van der Waals surface area (Å²) in [5, 5.41) is 3.62. The predicted octanol–water partition coefficient (Wildman–Crippen LogP) is 4.89. The first-order chi connectivity index (χ1) is 14.0. The molecule has 2 aliphatic rings. The number of sulfonamides is 1. The fourth-order valence-electron chi connectivity index (χ4n) is 4.54. The maximum absolute atomic E-state index is 13.4. The lowest BCUT2D eigenvalue weighted by Gasteiger charge is -2.33. The summed E-state index contributed by atoms with van der Waals surface area (Å²) in [5.41, 5.74) is 0. The van der Waals surface area contributed by atoms with E-state index in [2.05, 4.69) is 5.32 Å². The van der Waals surface area contributed by atoms with Gasteiger partial charge in [0, 0.05) is 17.1 Å². The van der Waals surface area contributed by atoms with Crippen LogP contribution in [0.4, 0.5) is 0 Å². The average Bonchev–Trinajstić information content (AvgIpc) is 2.69. The molecule has 0 aliphatic heterocycles. The molecule has 5 nitrogen and oxygen atoms in total. The van der Waals surface area contributed by atoms with Crippen LogP contribution in [0.3, 0.4) is 0 Å². The molecule has 0 radical (unpaired) electrons. The second-order valence-electron chi connectivity index (χ2n) is 8.41. The Balaban J connectivity index is 1.74. The summed E-state index contributed by atoms with van der Waals surface area (Å²) in [4.78, 5) is 13.1. The first-order valence-corrected chi connectivity index (χ1v) is 12.9. The lowest BCUT2D eigenvalue weighted by molar-refractivity contribution is -0.122. The minimum absolute atomic E-state index is 0.105. The molecule has 1 N–H and O–H groups in total. The highest BCUT2D eigenvalue weighted by molar-refractivity contribution is 7.89. The van der Waals surface area contributed by atoms with Crippen LogP contribution in [-0.4, -0.2) is 37.3 Å². The largest absolute Gasteiger partial charge is 0.352 e. The van der Waals surface area contributed by atoms with E-state index >= 15 is 0 Å². The minimum Gasteiger partial charge on any atom is -0.352 e. The van der Waals surface area contributed by atoms with Crippen molar-refractivity contribution in [2.45, 2.75) is 94.0 Å². The van der Waals surface area contributed by atoms with Gasteiger partial charge in [-0.3, -0.25) is 4.79 Å². The summed E-state index contributed by atoms with van der Waals surface area (Å²) in [6, 6.07) is 6.27. The van der Waals surface area contributed by atoms with Crippen molar-refractivity contribution in [2.24, 2.45) is 0 Å². The molecule has 1 amide bonds. The Kier molecular flexibility index (Phi) is 8.39. The van der Waals surface area contributed by atoms with Crippen LogP contribution < -0.4 is 5.32 Å². The Morgan fingerprint density at radius 3 is 2.03 bits per heavy atom. The van der Waals surface area contributed by atoms with Gasteiger partial charge in [-0.05, 0) is 49.9 Å². The van der Waals surface area contributed by atoms with Crippen molar-refractivity contribution >= 4 is 27.5 Å². The van der Waals surface area contributed by atoms with Crippen LogP contribution in [0.25, 0.3) is 0 Å². The van der Waals surface area contributed by atoms with E-state index in [9.17, 15) is 13.2 Å². The first-order valence-electron chi connectivity index (χ1n) is 11.0. The number of nitrogens with zero attached hydrogens (tertiary/aromatic N) is 1. The van der Waals surface area contributed by atoms with Crippen molar-refractivity contribution in [3.05, 3.63) is 29.3 Å². The molecule has 162 valence electrons.